The van der Waals surface area contributed by atoms with Crippen LogP contribution in [-0.4, -0.2) is 40.4 Å². The van der Waals surface area contributed by atoms with E-state index in [1.54, 1.807) is 0 Å². The van der Waals surface area contributed by atoms with Crippen LogP contribution in [0.2, 0.25) is 0 Å². The van der Waals surface area contributed by atoms with Gasteiger partial charge < -0.3 is 15.2 Å². The van der Waals surface area contributed by atoms with E-state index in [1.807, 2.05) is 18.0 Å². The van der Waals surface area contributed by atoms with Gasteiger partial charge in [-0.1, -0.05) is 0 Å². The molecule has 0 atom stereocenters. The van der Waals surface area contributed by atoms with E-state index in [-0.39, 0.29) is 5.91 Å². The molecule has 5 heteroatoms. The number of nitrogens with zero attached hydrogens (tertiary/aromatic N) is 2. The molecule has 1 fully saturated rings. The van der Waals surface area contributed by atoms with E-state index < -0.39 is 0 Å². The standard InChI is InChI=1S/C12H20N4O/c1-10-14-9-11(15-10)8-13-5-4-12(17)16-6-2-3-7-16/h9,13H,2-8H2,1H3,(H,14,15). The summed E-state index contributed by atoms with van der Waals surface area (Å²) >= 11 is 0. The third-order valence-electron chi connectivity index (χ3n) is 3.05. The van der Waals surface area contributed by atoms with Gasteiger partial charge in [0.05, 0.1) is 0 Å². The van der Waals surface area contributed by atoms with Gasteiger partial charge in [-0.25, -0.2) is 4.98 Å². The van der Waals surface area contributed by atoms with E-state index in [0.29, 0.717) is 6.42 Å². The smallest absolute Gasteiger partial charge is 0.223 e. The van der Waals surface area contributed by atoms with Gasteiger partial charge in [0, 0.05) is 44.5 Å². The van der Waals surface area contributed by atoms with Crippen molar-refractivity contribution >= 4 is 5.91 Å². The zero-order chi connectivity index (χ0) is 12.1. The highest BCUT2D eigenvalue weighted by atomic mass is 16.2. The van der Waals surface area contributed by atoms with Crippen LogP contribution >= 0.6 is 0 Å². The monoisotopic (exact) mass is 236 g/mol. The van der Waals surface area contributed by atoms with Crippen LogP contribution in [0, 0.1) is 6.92 Å². The summed E-state index contributed by atoms with van der Waals surface area (Å²) in [6.07, 6.45) is 4.73. The number of nitrogens with one attached hydrogen (secondary N) is 2. The second kappa shape index (κ2) is 5.82. The quantitative estimate of drug-likeness (QED) is 0.744. The molecule has 0 spiro atoms. The summed E-state index contributed by atoms with van der Waals surface area (Å²) in [5.41, 5.74) is 1.07. The maximum absolute atomic E-state index is 11.7. The van der Waals surface area contributed by atoms with Crippen molar-refractivity contribution in [3.63, 3.8) is 0 Å². The van der Waals surface area contributed by atoms with Crippen molar-refractivity contribution < 1.29 is 4.79 Å². The lowest BCUT2D eigenvalue weighted by Gasteiger charge is -2.14. The predicted molar refractivity (Wildman–Crippen MR) is 65.5 cm³/mol. The van der Waals surface area contributed by atoms with Crippen LogP contribution in [0.25, 0.3) is 0 Å². The number of carbonyl (C=O) groups excluding carboxylic acids is 1. The Hall–Kier alpha value is -1.36. The Morgan fingerprint density at radius 1 is 1.53 bits per heavy atom. The van der Waals surface area contributed by atoms with Crippen LogP contribution in [0.4, 0.5) is 0 Å². The predicted octanol–water partition coefficient (Wildman–Crippen LogP) is 0.820. The van der Waals surface area contributed by atoms with Crippen molar-refractivity contribution in [3.8, 4) is 0 Å². The van der Waals surface area contributed by atoms with Gasteiger partial charge in [0.15, 0.2) is 0 Å². The third-order valence-corrected chi connectivity index (χ3v) is 3.05. The fraction of sp³-hybridized carbons (Fsp3) is 0.667. The molecule has 0 saturated carbocycles. The summed E-state index contributed by atoms with van der Waals surface area (Å²) in [5, 5.41) is 3.25. The van der Waals surface area contributed by atoms with Gasteiger partial charge in [0.2, 0.25) is 5.91 Å². The van der Waals surface area contributed by atoms with Crippen LogP contribution in [0.1, 0.15) is 30.8 Å². The van der Waals surface area contributed by atoms with Crippen LogP contribution < -0.4 is 5.32 Å². The molecule has 17 heavy (non-hydrogen) atoms. The first kappa shape index (κ1) is 12.1. The van der Waals surface area contributed by atoms with E-state index in [2.05, 4.69) is 15.3 Å². The lowest BCUT2D eigenvalue weighted by molar-refractivity contribution is -0.130. The first-order valence-electron chi connectivity index (χ1n) is 6.24. The minimum Gasteiger partial charge on any atom is -0.345 e. The van der Waals surface area contributed by atoms with Crippen LogP contribution in [-0.2, 0) is 11.3 Å². The van der Waals surface area contributed by atoms with Crippen molar-refractivity contribution in [3.05, 3.63) is 17.7 Å². The summed E-state index contributed by atoms with van der Waals surface area (Å²) < 4.78 is 0. The second-order valence-corrected chi connectivity index (χ2v) is 4.51. The van der Waals surface area contributed by atoms with Crippen LogP contribution in [0.3, 0.4) is 0 Å². The molecule has 0 unspecified atom stereocenters. The lowest BCUT2D eigenvalue weighted by atomic mass is 10.3. The molecular weight excluding hydrogens is 216 g/mol. The van der Waals surface area contributed by atoms with Gasteiger partial charge in [-0.2, -0.15) is 0 Å². The number of H-pyrrole nitrogens is 1. The number of amides is 1. The molecule has 2 N–H and O–H groups in total. The number of likely N-dealkylation sites (tertiary alicyclic amines) is 1. The topological polar surface area (TPSA) is 61.0 Å². The molecule has 94 valence electrons. The number of aryl methyl sites for hydroxylation is 1. The average molecular weight is 236 g/mol. The summed E-state index contributed by atoms with van der Waals surface area (Å²) in [5.74, 6) is 1.20. The Labute approximate surface area is 102 Å². The Kier molecular flexibility index (Phi) is 4.14. The summed E-state index contributed by atoms with van der Waals surface area (Å²) in [6.45, 7) is 5.29. The number of aromatic nitrogens is 2. The van der Waals surface area contributed by atoms with Gasteiger partial charge in [0.25, 0.3) is 0 Å². The van der Waals surface area contributed by atoms with Crippen molar-refractivity contribution in [1.29, 1.82) is 0 Å². The molecular formula is C12H20N4O. The van der Waals surface area contributed by atoms with Gasteiger partial charge in [-0.15, -0.1) is 0 Å². The fourth-order valence-electron chi connectivity index (χ4n) is 2.10. The van der Waals surface area contributed by atoms with Crippen molar-refractivity contribution in [2.45, 2.75) is 32.7 Å². The number of rotatable bonds is 5. The largest absolute Gasteiger partial charge is 0.345 e. The van der Waals surface area contributed by atoms with Crippen LogP contribution in [0.5, 0.6) is 0 Å². The van der Waals surface area contributed by atoms with E-state index in [0.717, 1.165) is 50.5 Å². The normalized spacial score (nSPS) is 15.5. The van der Waals surface area contributed by atoms with E-state index in [4.69, 9.17) is 0 Å². The number of imidazole rings is 1. The molecule has 1 aromatic heterocycles. The third kappa shape index (κ3) is 3.56. The fourth-order valence-corrected chi connectivity index (χ4v) is 2.10. The molecule has 1 aliphatic rings. The minimum atomic E-state index is 0.274. The van der Waals surface area contributed by atoms with E-state index in [1.165, 1.54) is 0 Å². The molecule has 2 rings (SSSR count). The van der Waals surface area contributed by atoms with Gasteiger partial charge >= 0.3 is 0 Å². The maximum atomic E-state index is 11.7. The molecule has 0 bridgehead atoms. The molecule has 1 amide bonds. The Balaban J connectivity index is 1.61. The van der Waals surface area contributed by atoms with Crippen LogP contribution in [0.15, 0.2) is 6.20 Å². The van der Waals surface area contributed by atoms with E-state index in [9.17, 15) is 4.79 Å². The van der Waals surface area contributed by atoms with Crippen molar-refractivity contribution in [1.82, 2.24) is 20.2 Å². The second-order valence-electron chi connectivity index (χ2n) is 4.51. The highest BCUT2D eigenvalue weighted by Gasteiger charge is 2.16. The average Bonchev–Trinajstić information content (AvgIpc) is 2.95. The molecule has 0 radical (unpaired) electrons. The molecule has 2 heterocycles. The Morgan fingerprint density at radius 2 is 2.29 bits per heavy atom. The first-order valence-corrected chi connectivity index (χ1v) is 6.24. The van der Waals surface area contributed by atoms with Gasteiger partial charge in [-0.05, 0) is 19.8 Å². The zero-order valence-corrected chi connectivity index (χ0v) is 10.3. The lowest BCUT2D eigenvalue weighted by Crippen LogP contribution is -2.30. The summed E-state index contributed by atoms with van der Waals surface area (Å²) in [7, 11) is 0. The first-order chi connectivity index (χ1) is 8.25. The maximum Gasteiger partial charge on any atom is 0.223 e. The number of hydrogen-bond donors (Lipinski definition) is 2. The molecule has 0 aliphatic carbocycles. The van der Waals surface area contributed by atoms with Gasteiger partial charge in [-0.3, -0.25) is 4.79 Å². The molecule has 1 saturated heterocycles. The van der Waals surface area contributed by atoms with Crippen molar-refractivity contribution in [2.75, 3.05) is 19.6 Å². The Morgan fingerprint density at radius 3 is 2.94 bits per heavy atom. The summed E-state index contributed by atoms with van der Waals surface area (Å²) in [6, 6.07) is 0. The Bertz CT molecular complexity index is 368. The van der Waals surface area contributed by atoms with E-state index >= 15 is 0 Å². The van der Waals surface area contributed by atoms with Crippen molar-refractivity contribution in [2.24, 2.45) is 0 Å². The SMILES string of the molecule is Cc1ncc(CNCCC(=O)N2CCCC2)[nH]1. The molecule has 5 nitrogen and oxygen atoms in total. The molecule has 0 aromatic carbocycles. The molecule has 1 aliphatic heterocycles. The highest BCUT2D eigenvalue weighted by Crippen LogP contribution is 2.08. The zero-order valence-electron chi connectivity index (χ0n) is 10.3. The number of aromatic amines is 1. The molecule has 1 aromatic rings. The minimum absolute atomic E-state index is 0.274. The highest BCUT2D eigenvalue weighted by molar-refractivity contribution is 5.76. The number of hydrogen-bond acceptors (Lipinski definition) is 3. The summed E-state index contributed by atoms with van der Waals surface area (Å²) in [4.78, 5) is 21.0. The number of carbonyl (C=O) groups is 1. The van der Waals surface area contributed by atoms with Gasteiger partial charge in [0.1, 0.15) is 5.82 Å².